The zero-order chi connectivity index (χ0) is 17.8. The van der Waals surface area contributed by atoms with Gasteiger partial charge in [0.1, 0.15) is 17.8 Å². The van der Waals surface area contributed by atoms with Gasteiger partial charge in [-0.3, -0.25) is 4.79 Å². The van der Waals surface area contributed by atoms with Crippen molar-refractivity contribution >= 4 is 11.6 Å². The monoisotopic (exact) mass is 346 g/mol. The molecule has 0 atom stereocenters. The number of rotatable bonds is 4. The van der Waals surface area contributed by atoms with E-state index in [4.69, 9.17) is 4.74 Å². The number of hydrogen-bond donors (Lipinski definition) is 1. The van der Waals surface area contributed by atoms with E-state index in [9.17, 15) is 18.0 Å². The molecule has 3 aromatic rings. The summed E-state index contributed by atoms with van der Waals surface area (Å²) in [7, 11) is 0. The van der Waals surface area contributed by atoms with E-state index >= 15 is 0 Å². The molecule has 0 fully saturated rings. The molecule has 6 nitrogen and oxygen atoms in total. The van der Waals surface area contributed by atoms with Crippen molar-refractivity contribution in [3.8, 4) is 11.5 Å². The van der Waals surface area contributed by atoms with Gasteiger partial charge >= 0.3 is 0 Å². The molecular formula is C16H9F3N4O2. The highest BCUT2D eigenvalue weighted by atomic mass is 19.2. The maximum Gasteiger partial charge on any atom is 0.274 e. The quantitative estimate of drug-likeness (QED) is 0.784. The first-order chi connectivity index (χ1) is 12.0. The van der Waals surface area contributed by atoms with E-state index < -0.39 is 29.1 Å². The second-order valence-electron chi connectivity index (χ2n) is 4.76. The van der Waals surface area contributed by atoms with E-state index in [0.29, 0.717) is 0 Å². The van der Waals surface area contributed by atoms with Gasteiger partial charge < -0.3 is 10.1 Å². The van der Waals surface area contributed by atoms with Gasteiger partial charge in [-0.2, -0.15) is 4.39 Å². The second-order valence-corrected chi connectivity index (χ2v) is 4.76. The molecule has 0 spiro atoms. The fourth-order valence-electron chi connectivity index (χ4n) is 1.88. The third-order valence-electron chi connectivity index (χ3n) is 2.98. The number of carbonyl (C=O) groups is 1. The lowest BCUT2D eigenvalue weighted by atomic mass is 10.2. The summed E-state index contributed by atoms with van der Waals surface area (Å²) < 4.78 is 45.6. The lowest BCUT2D eigenvalue weighted by Gasteiger charge is -2.10. The number of hydrogen-bond acceptors (Lipinski definition) is 5. The molecule has 0 radical (unpaired) electrons. The number of pyridine rings is 1. The van der Waals surface area contributed by atoms with Crippen molar-refractivity contribution in [2.24, 2.45) is 0 Å². The van der Waals surface area contributed by atoms with Gasteiger partial charge in [0.15, 0.2) is 17.3 Å². The van der Waals surface area contributed by atoms with Gasteiger partial charge in [0.2, 0.25) is 5.82 Å². The van der Waals surface area contributed by atoms with Crippen LogP contribution in [0.15, 0.2) is 49.2 Å². The highest BCUT2D eigenvalue weighted by Crippen LogP contribution is 2.29. The Morgan fingerprint density at radius 3 is 2.48 bits per heavy atom. The van der Waals surface area contributed by atoms with Crippen molar-refractivity contribution in [3.05, 3.63) is 72.3 Å². The summed E-state index contributed by atoms with van der Waals surface area (Å²) in [5.41, 5.74) is -0.160. The predicted molar refractivity (Wildman–Crippen MR) is 80.6 cm³/mol. The van der Waals surface area contributed by atoms with Crippen LogP contribution in [0, 0.1) is 17.5 Å². The summed E-state index contributed by atoms with van der Waals surface area (Å²) in [6.45, 7) is 0. The van der Waals surface area contributed by atoms with Gasteiger partial charge in [0.25, 0.3) is 5.91 Å². The van der Waals surface area contributed by atoms with Gasteiger partial charge in [-0.25, -0.2) is 23.7 Å². The van der Waals surface area contributed by atoms with Crippen molar-refractivity contribution in [2.75, 3.05) is 5.32 Å². The minimum absolute atomic E-state index is 0.0677. The predicted octanol–water partition coefficient (Wildman–Crippen LogP) is 3.33. The largest absolute Gasteiger partial charge is 0.451 e. The number of nitrogens with one attached hydrogen (secondary N) is 1. The Morgan fingerprint density at radius 1 is 1.04 bits per heavy atom. The third kappa shape index (κ3) is 3.89. The Morgan fingerprint density at radius 2 is 1.80 bits per heavy atom. The summed E-state index contributed by atoms with van der Waals surface area (Å²) in [6, 6.07) is 4.08. The summed E-state index contributed by atoms with van der Waals surface area (Å²) in [6.07, 6.45) is 4.64. The summed E-state index contributed by atoms with van der Waals surface area (Å²) in [4.78, 5) is 23.0. The van der Waals surface area contributed by atoms with Crippen molar-refractivity contribution in [1.29, 1.82) is 0 Å². The van der Waals surface area contributed by atoms with Crippen LogP contribution in [0.4, 0.5) is 18.9 Å². The Kier molecular flexibility index (Phi) is 4.55. The lowest BCUT2D eigenvalue weighted by molar-refractivity contribution is 0.102. The molecule has 0 aliphatic rings. The van der Waals surface area contributed by atoms with Crippen LogP contribution < -0.4 is 10.1 Å². The highest BCUT2D eigenvalue weighted by molar-refractivity contribution is 6.02. The number of anilines is 1. The van der Waals surface area contributed by atoms with Gasteiger partial charge in [0.05, 0.1) is 18.6 Å². The first-order valence-corrected chi connectivity index (χ1v) is 6.88. The van der Waals surface area contributed by atoms with E-state index in [1.165, 1.54) is 18.7 Å². The molecule has 1 aromatic carbocycles. The average Bonchev–Trinajstić information content (AvgIpc) is 2.60. The minimum atomic E-state index is -1.23. The van der Waals surface area contributed by atoms with Crippen molar-refractivity contribution in [1.82, 2.24) is 15.0 Å². The molecule has 2 aromatic heterocycles. The van der Waals surface area contributed by atoms with Gasteiger partial charge in [0, 0.05) is 17.8 Å². The molecule has 0 unspecified atom stereocenters. The van der Waals surface area contributed by atoms with Crippen molar-refractivity contribution < 1.29 is 22.7 Å². The molecule has 0 aliphatic carbocycles. The Balaban J connectivity index is 1.84. The van der Waals surface area contributed by atoms with Crippen LogP contribution in [-0.4, -0.2) is 20.9 Å². The number of benzene rings is 1. The van der Waals surface area contributed by atoms with E-state index in [1.54, 1.807) is 0 Å². The van der Waals surface area contributed by atoms with Crippen molar-refractivity contribution in [2.45, 2.75) is 0 Å². The number of nitrogens with zero attached hydrogens (tertiary/aromatic N) is 3. The Bertz CT molecular complexity index is 905. The first kappa shape index (κ1) is 16.4. The molecule has 126 valence electrons. The van der Waals surface area contributed by atoms with Crippen LogP contribution in [0.3, 0.4) is 0 Å². The number of halogens is 3. The molecule has 0 saturated carbocycles. The molecule has 3 rings (SSSR count). The van der Waals surface area contributed by atoms with E-state index in [1.807, 2.05) is 0 Å². The molecule has 0 bridgehead atoms. The lowest BCUT2D eigenvalue weighted by Crippen LogP contribution is -2.14. The zero-order valence-corrected chi connectivity index (χ0v) is 12.4. The normalized spacial score (nSPS) is 10.4. The topological polar surface area (TPSA) is 77.0 Å². The van der Waals surface area contributed by atoms with Crippen LogP contribution in [0.5, 0.6) is 11.5 Å². The number of aromatic nitrogens is 3. The van der Waals surface area contributed by atoms with E-state index in [0.717, 1.165) is 30.5 Å². The average molecular weight is 346 g/mol. The van der Waals surface area contributed by atoms with Crippen LogP contribution in [0.2, 0.25) is 0 Å². The number of amides is 1. The molecule has 9 heteroatoms. The molecular weight excluding hydrogens is 337 g/mol. The molecule has 0 saturated heterocycles. The van der Waals surface area contributed by atoms with Gasteiger partial charge in [-0.05, 0) is 12.1 Å². The molecule has 25 heavy (non-hydrogen) atoms. The van der Waals surface area contributed by atoms with Crippen LogP contribution in [0.25, 0.3) is 0 Å². The molecule has 2 heterocycles. The van der Waals surface area contributed by atoms with Crippen LogP contribution in [-0.2, 0) is 0 Å². The maximum absolute atomic E-state index is 13.9. The SMILES string of the molecule is O=C(Nc1cc(F)c(F)c(Oc2cncnc2)c1)c1ccc(F)cn1. The minimum Gasteiger partial charge on any atom is -0.451 e. The third-order valence-corrected chi connectivity index (χ3v) is 2.98. The van der Waals surface area contributed by atoms with Crippen LogP contribution in [0.1, 0.15) is 10.5 Å². The standard InChI is InChI=1S/C16H9F3N4O2/c17-9-1-2-13(22-5-9)16(24)23-10-3-12(18)15(19)14(4-10)25-11-6-20-8-21-7-11/h1-8H,(H,23,24). The van der Waals surface area contributed by atoms with Crippen LogP contribution >= 0.6 is 0 Å². The smallest absolute Gasteiger partial charge is 0.274 e. The number of carbonyl (C=O) groups excluding carboxylic acids is 1. The summed E-state index contributed by atoms with van der Waals surface area (Å²) in [5, 5.41) is 2.33. The number of ether oxygens (including phenoxy) is 1. The maximum atomic E-state index is 13.9. The zero-order valence-electron chi connectivity index (χ0n) is 12.4. The summed E-state index contributed by atoms with van der Waals surface area (Å²) in [5.74, 6) is -4.16. The fourth-order valence-corrected chi connectivity index (χ4v) is 1.88. The Hall–Kier alpha value is -3.49. The van der Waals surface area contributed by atoms with E-state index in [-0.39, 0.29) is 17.1 Å². The second kappa shape index (κ2) is 6.95. The summed E-state index contributed by atoms with van der Waals surface area (Å²) >= 11 is 0. The highest BCUT2D eigenvalue weighted by Gasteiger charge is 2.16. The molecule has 1 amide bonds. The van der Waals surface area contributed by atoms with Gasteiger partial charge in [-0.1, -0.05) is 0 Å². The first-order valence-electron chi connectivity index (χ1n) is 6.88. The van der Waals surface area contributed by atoms with Gasteiger partial charge in [-0.15, -0.1) is 0 Å². The van der Waals surface area contributed by atoms with Crippen molar-refractivity contribution in [3.63, 3.8) is 0 Å². The Labute approximate surface area is 139 Å². The fraction of sp³-hybridized carbons (Fsp3) is 0. The molecule has 0 aliphatic heterocycles. The molecule has 1 N–H and O–H groups in total. The van der Waals surface area contributed by atoms with E-state index in [2.05, 4.69) is 20.3 Å².